The van der Waals surface area contributed by atoms with E-state index < -0.39 is 0 Å². The monoisotopic (exact) mass is 176 g/mol. The fourth-order valence-corrected chi connectivity index (χ4v) is 0.948. The number of hydrogen-bond donors (Lipinski definition) is 1. The Bertz CT molecular complexity index is 282. The van der Waals surface area contributed by atoms with Gasteiger partial charge < -0.3 is 5.32 Å². The van der Waals surface area contributed by atoms with Crippen molar-refractivity contribution in [3.63, 3.8) is 0 Å². The van der Waals surface area contributed by atoms with Crippen molar-refractivity contribution in [2.45, 2.75) is 6.42 Å². The zero-order valence-corrected chi connectivity index (χ0v) is 7.36. The molecule has 1 amide bonds. The summed E-state index contributed by atoms with van der Waals surface area (Å²) in [4.78, 5) is 14.7. The molecule has 1 N–H and O–H groups in total. The number of nitrogens with one attached hydrogen (secondary N) is 1. The van der Waals surface area contributed by atoms with E-state index in [1.807, 2.05) is 12.1 Å². The highest BCUT2D eigenvalue weighted by Gasteiger charge is 1.94. The number of pyridine rings is 1. The van der Waals surface area contributed by atoms with Gasteiger partial charge in [-0.15, -0.1) is 0 Å². The predicted octanol–water partition coefficient (Wildman–Crippen LogP) is 0.926. The lowest BCUT2D eigenvalue weighted by atomic mass is 10.2. The van der Waals surface area contributed by atoms with Gasteiger partial charge in [0.15, 0.2) is 0 Å². The van der Waals surface area contributed by atoms with Crippen LogP contribution in [0.5, 0.6) is 0 Å². The van der Waals surface area contributed by atoms with E-state index in [4.69, 9.17) is 0 Å². The highest BCUT2D eigenvalue weighted by molar-refractivity contribution is 5.86. The Kier molecular flexibility index (Phi) is 3.70. The maximum absolute atomic E-state index is 10.8. The Labute approximate surface area is 77.5 Å². The molecule has 3 heteroatoms. The number of rotatable bonds is 4. The minimum absolute atomic E-state index is 0.135. The summed E-state index contributed by atoms with van der Waals surface area (Å²) < 4.78 is 0. The van der Waals surface area contributed by atoms with Crippen molar-refractivity contribution in [3.05, 3.63) is 42.7 Å². The lowest BCUT2D eigenvalue weighted by Gasteiger charge is -2.01. The van der Waals surface area contributed by atoms with Crippen LogP contribution in [0.4, 0.5) is 0 Å². The molecule has 0 aliphatic carbocycles. The van der Waals surface area contributed by atoms with Gasteiger partial charge in [-0.05, 0) is 24.1 Å². The quantitative estimate of drug-likeness (QED) is 0.693. The van der Waals surface area contributed by atoms with Crippen LogP contribution in [0.2, 0.25) is 0 Å². The second kappa shape index (κ2) is 5.09. The van der Waals surface area contributed by atoms with Crippen LogP contribution in [0.1, 0.15) is 5.56 Å². The maximum Gasteiger partial charge on any atom is 0.243 e. The average Bonchev–Trinajstić information content (AvgIpc) is 2.19. The standard InChI is InChI=1S/C10H12N2O/c1-2-10(13)12-7-5-9-4-3-6-11-8-9/h2-4,6,8H,1,5,7H2,(H,12,13). The van der Waals surface area contributed by atoms with E-state index in [1.54, 1.807) is 12.4 Å². The molecule has 3 nitrogen and oxygen atoms in total. The lowest BCUT2D eigenvalue weighted by Crippen LogP contribution is -2.23. The van der Waals surface area contributed by atoms with Gasteiger partial charge in [0.05, 0.1) is 0 Å². The van der Waals surface area contributed by atoms with Crippen LogP contribution < -0.4 is 5.32 Å². The molecule has 68 valence electrons. The van der Waals surface area contributed by atoms with Crippen molar-refractivity contribution in [3.8, 4) is 0 Å². The van der Waals surface area contributed by atoms with Gasteiger partial charge in [0.2, 0.25) is 5.91 Å². The third-order valence-electron chi connectivity index (χ3n) is 1.62. The van der Waals surface area contributed by atoms with Crippen LogP contribution in [0.25, 0.3) is 0 Å². The summed E-state index contributed by atoms with van der Waals surface area (Å²) in [5, 5.41) is 2.70. The maximum atomic E-state index is 10.8. The lowest BCUT2D eigenvalue weighted by molar-refractivity contribution is -0.116. The van der Waals surface area contributed by atoms with Gasteiger partial charge in [-0.2, -0.15) is 0 Å². The molecule has 0 aliphatic heterocycles. The van der Waals surface area contributed by atoms with Crippen molar-refractivity contribution >= 4 is 5.91 Å². The molecule has 0 saturated heterocycles. The Morgan fingerprint density at radius 3 is 3.15 bits per heavy atom. The van der Waals surface area contributed by atoms with E-state index >= 15 is 0 Å². The van der Waals surface area contributed by atoms with E-state index in [9.17, 15) is 4.79 Å². The van der Waals surface area contributed by atoms with E-state index in [0.717, 1.165) is 12.0 Å². The second-order valence-corrected chi connectivity index (χ2v) is 2.61. The molecule has 1 heterocycles. The smallest absolute Gasteiger partial charge is 0.243 e. The van der Waals surface area contributed by atoms with Crippen molar-refractivity contribution in [1.82, 2.24) is 10.3 Å². The van der Waals surface area contributed by atoms with Crippen LogP contribution in [0.3, 0.4) is 0 Å². The molecule has 0 aliphatic rings. The number of carbonyl (C=O) groups is 1. The first-order chi connectivity index (χ1) is 6.33. The summed E-state index contributed by atoms with van der Waals surface area (Å²) in [5.74, 6) is -0.135. The van der Waals surface area contributed by atoms with E-state index in [0.29, 0.717) is 6.54 Å². The third kappa shape index (κ3) is 3.51. The van der Waals surface area contributed by atoms with Crippen molar-refractivity contribution in [1.29, 1.82) is 0 Å². The number of carbonyl (C=O) groups excluding carboxylic acids is 1. The van der Waals surface area contributed by atoms with Crippen LogP contribution in [-0.2, 0) is 11.2 Å². The topological polar surface area (TPSA) is 42.0 Å². The molecule has 0 unspecified atom stereocenters. The molecule has 0 bridgehead atoms. The van der Waals surface area contributed by atoms with Crippen molar-refractivity contribution in [2.24, 2.45) is 0 Å². The number of nitrogens with zero attached hydrogens (tertiary/aromatic N) is 1. The first-order valence-electron chi connectivity index (χ1n) is 4.12. The summed E-state index contributed by atoms with van der Waals surface area (Å²) in [6, 6.07) is 3.86. The fraction of sp³-hybridized carbons (Fsp3) is 0.200. The highest BCUT2D eigenvalue weighted by atomic mass is 16.1. The van der Waals surface area contributed by atoms with Gasteiger partial charge in [-0.25, -0.2) is 0 Å². The average molecular weight is 176 g/mol. The summed E-state index contributed by atoms with van der Waals surface area (Å²) >= 11 is 0. The van der Waals surface area contributed by atoms with Crippen molar-refractivity contribution < 1.29 is 4.79 Å². The molecule has 0 radical (unpaired) electrons. The molecule has 1 aromatic heterocycles. The molecule has 0 spiro atoms. The molecular formula is C10H12N2O. The van der Waals surface area contributed by atoms with E-state index in [2.05, 4.69) is 16.9 Å². The first kappa shape index (κ1) is 9.45. The molecule has 0 aromatic carbocycles. The highest BCUT2D eigenvalue weighted by Crippen LogP contribution is 1.94. The molecular weight excluding hydrogens is 164 g/mol. The number of aromatic nitrogens is 1. The zero-order valence-electron chi connectivity index (χ0n) is 7.36. The molecule has 0 saturated carbocycles. The predicted molar refractivity (Wildman–Crippen MR) is 51.1 cm³/mol. The minimum atomic E-state index is -0.135. The second-order valence-electron chi connectivity index (χ2n) is 2.61. The van der Waals surface area contributed by atoms with Gasteiger partial charge in [-0.3, -0.25) is 9.78 Å². The summed E-state index contributed by atoms with van der Waals surface area (Å²) in [6.45, 7) is 3.98. The van der Waals surface area contributed by atoms with E-state index in [-0.39, 0.29) is 5.91 Å². The van der Waals surface area contributed by atoms with Gasteiger partial charge in [0.25, 0.3) is 0 Å². The summed E-state index contributed by atoms with van der Waals surface area (Å²) in [7, 11) is 0. The van der Waals surface area contributed by atoms with E-state index in [1.165, 1.54) is 6.08 Å². The zero-order chi connectivity index (χ0) is 9.52. The molecule has 1 aromatic rings. The Hall–Kier alpha value is -1.64. The number of hydrogen-bond acceptors (Lipinski definition) is 2. The van der Waals surface area contributed by atoms with Crippen LogP contribution in [-0.4, -0.2) is 17.4 Å². The third-order valence-corrected chi connectivity index (χ3v) is 1.62. The molecule has 0 fully saturated rings. The molecule has 13 heavy (non-hydrogen) atoms. The number of amides is 1. The first-order valence-corrected chi connectivity index (χ1v) is 4.12. The van der Waals surface area contributed by atoms with Gasteiger partial charge >= 0.3 is 0 Å². The van der Waals surface area contributed by atoms with Crippen LogP contribution in [0.15, 0.2) is 37.2 Å². The molecule has 1 rings (SSSR count). The summed E-state index contributed by atoms with van der Waals surface area (Å²) in [5.41, 5.74) is 1.12. The SMILES string of the molecule is C=CC(=O)NCCc1cccnc1. The normalized spacial score (nSPS) is 9.23. The van der Waals surface area contributed by atoms with Crippen molar-refractivity contribution in [2.75, 3.05) is 6.54 Å². The Morgan fingerprint density at radius 1 is 1.69 bits per heavy atom. The fourth-order valence-electron chi connectivity index (χ4n) is 0.948. The Morgan fingerprint density at radius 2 is 2.54 bits per heavy atom. The van der Waals surface area contributed by atoms with Gasteiger partial charge in [0, 0.05) is 18.9 Å². The van der Waals surface area contributed by atoms with Crippen LogP contribution in [0, 0.1) is 0 Å². The van der Waals surface area contributed by atoms with Crippen LogP contribution >= 0.6 is 0 Å². The molecule has 0 atom stereocenters. The largest absolute Gasteiger partial charge is 0.352 e. The minimum Gasteiger partial charge on any atom is -0.352 e. The van der Waals surface area contributed by atoms with Gasteiger partial charge in [-0.1, -0.05) is 12.6 Å². The Balaban J connectivity index is 2.28. The van der Waals surface area contributed by atoms with Gasteiger partial charge in [0.1, 0.15) is 0 Å². The summed E-state index contributed by atoms with van der Waals surface area (Å²) in [6.07, 6.45) is 5.59.